The van der Waals surface area contributed by atoms with Crippen LogP contribution in [0.2, 0.25) is 0 Å². The standard InChI is InChI=1S/C13H16N2S/c1-9-4-5-10(2)12(6-9)15-11(3)13-7-14-8-16-13/h4-8,11,15H,1-3H3. The number of thiazole rings is 1. The van der Waals surface area contributed by atoms with Crippen LogP contribution in [0.3, 0.4) is 0 Å². The van der Waals surface area contributed by atoms with E-state index < -0.39 is 0 Å². The van der Waals surface area contributed by atoms with Crippen LogP contribution in [-0.2, 0) is 0 Å². The average molecular weight is 232 g/mol. The van der Waals surface area contributed by atoms with Gasteiger partial charge >= 0.3 is 0 Å². The molecule has 0 bridgehead atoms. The van der Waals surface area contributed by atoms with E-state index in [1.807, 2.05) is 11.7 Å². The summed E-state index contributed by atoms with van der Waals surface area (Å²) in [5, 5.41) is 3.52. The minimum atomic E-state index is 0.313. The molecule has 0 amide bonds. The first-order valence-electron chi connectivity index (χ1n) is 5.39. The largest absolute Gasteiger partial charge is 0.377 e. The molecule has 0 fully saturated rings. The van der Waals surface area contributed by atoms with Crippen LogP contribution in [0.15, 0.2) is 29.9 Å². The second-order valence-corrected chi connectivity index (χ2v) is 5.01. The smallest absolute Gasteiger partial charge is 0.0795 e. The van der Waals surface area contributed by atoms with Gasteiger partial charge in [0.2, 0.25) is 0 Å². The Labute approximate surface area is 100 Å². The van der Waals surface area contributed by atoms with Gasteiger partial charge in [0.05, 0.1) is 11.6 Å². The second-order valence-electron chi connectivity index (χ2n) is 4.09. The third kappa shape index (κ3) is 2.42. The van der Waals surface area contributed by atoms with Crippen LogP contribution in [0.4, 0.5) is 5.69 Å². The van der Waals surface area contributed by atoms with E-state index in [0.717, 1.165) is 0 Å². The first-order valence-corrected chi connectivity index (χ1v) is 6.27. The minimum Gasteiger partial charge on any atom is -0.377 e. The van der Waals surface area contributed by atoms with E-state index in [4.69, 9.17) is 0 Å². The first kappa shape index (κ1) is 11.1. The molecule has 0 aliphatic rings. The van der Waals surface area contributed by atoms with E-state index >= 15 is 0 Å². The third-order valence-electron chi connectivity index (χ3n) is 2.64. The second kappa shape index (κ2) is 4.66. The lowest BCUT2D eigenvalue weighted by Crippen LogP contribution is -2.06. The maximum absolute atomic E-state index is 4.10. The summed E-state index contributed by atoms with van der Waals surface area (Å²) in [5.41, 5.74) is 5.64. The van der Waals surface area contributed by atoms with Crippen molar-refractivity contribution in [3.63, 3.8) is 0 Å². The Bertz CT molecular complexity index is 463. The Morgan fingerprint density at radius 1 is 1.31 bits per heavy atom. The maximum Gasteiger partial charge on any atom is 0.0795 e. The van der Waals surface area contributed by atoms with Crippen LogP contribution in [0.1, 0.15) is 29.0 Å². The van der Waals surface area contributed by atoms with Gasteiger partial charge in [0.25, 0.3) is 0 Å². The van der Waals surface area contributed by atoms with Gasteiger partial charge in [-0.05, 0) is 38.0 Å². The van der Waals surface area contributed by atoms with Crippen molar-refractivity contribution >= 4 is 17.0 Å². The summed E-state index contributed by atoms with van der Waals surface area (Å²) in [6, 6.07) is 6.79. The Hall–Kier alpha value is -1.35. The monoisotopic (exact) mass is 232 g/mol. The van der Waals surface area contributed by atoms with Gasteiger partial charge < -0.3 is 5.32 Å². The zero-order chi connectivity index (χ0) is 11.5. The average Bonchev–Trinajstić information content (AvgIpc) is 2.76. The molecule has 2 aromatic rings. The molecule has 2 rings (SSSR count). The number of hydrogen-bond acceptors (Lipinski definition) is 3. The van der Waals surface area contributed by atoms with Crippen LogP contribution in [0, 0.1) is 13.8 Å². The van der Waals surface area contributed by atoms with E-state index in [0.29, 0.717) is 6.04 Å². The molecule has 2 nitrogen and oxygen atoms in total. The van der Waals surface area contributed by atoms with Gasteiger partial charge in [0.1, 0.15) is 0 Å². The summed E-state index contributed by atoms with van der Waals surface area (Å²) in [5.74, 6) is 0. The topological polar surface area (TPSA) is 24.9 Å². The summed E-state index contributed by atoms with van der Waals surface area (Å²) in [6.45, 7) is 6.40. The van der Waals surface area contributed by atoms with E-state index in [1.165, 1.54) is 21.7 Å². The predicted octanol–water partition coefficient (Wildman–Crippen LogP) is 3.93. The Morgan fingerprint density at radius 3 is 2.81 bits per heavy atom. The molecular formula is C13H16N2S. The molecule has 0 saturated heterocycles. The highest BCUT2D eigenvalue weighted by Gasteiger charge is 2.08. The lowest BCUT2D eigenvalue weighted by molar-refractivity contribution is 0.900. The maximum atomic E-state index is 4.10. The molecule has 1 unspecified atom stereocenters. The fourth-order valence-corrected chi connectivity index (χ4v) is 2.26. The summed E-state index contributed by atoms with van der Waals surface area (Å²) in [6.07, 6.45) is 1.92. The highest BCUT2D eigenvalue weighted by Crippen LogP contribution is 2.24. The fourth-order valence-electron chi connectivity index (χ4n) is 1.64. The molecule has 0 radical (unpaired) electrons. The predicted molar refractivity (Wildman–Crippen MR) is 70.1 cm³/mol. The van der Waals surface area contributed by atoms with Crippen LogP contribution in [0.25, 0.3) is 0 Å². The number of benzene rings is 1. The van der Waals surface area contributed by atoms with Gasteiger partial charge in [-0.1, -0.05) is 12.1 Å². The van der Waals surface area contributed by atoms with Crippen molar-refractivity contribution in [1.29, 1.82) is 0 Å². The lowest BCUT2D eigenvalue weighted by Gasteiger charge is -2.15. The van der Waals surface area contributed by atoms with Crippen molar-refractivity contribution in [3.8, 4) is 0 Å². The lowest BCUT2D eigenvalue weighted by atomic mass is 10.1. The normalized spacial score (nSPS) is 12.4. The van der Waals surface area contributed by atoms with E-state index in [-0.39, 0.29) is 0 Å². The number of hydrogen-bond donors (Lipinski definition) is 1. The van der Waals surface area contributed by atoms with Crippen LogP contribution in [-0.4, -0.2) is 4.98 Å². The SMILES string of the molecule is Cc1ccc(C)c(NC(C)c2cncs2)c1. The van der Waals surface area contributed by atoms with E-state index in [9.17, 15) is 0 Å². The quantitative estimate of drug-likeness (QED) is 0.867. The fraction of sp³-hybridized carbons (Fsp3) is 0.308. The third-order valence-corrected chi connectivity index (χ3v) is 3.60. The zero-order valence-electron chi connectivity index (χ0n) is 9.82. The summed E-state index contributed by atoms with van der Waals surface area (Å²) in [7, 11) is 0. The van der Waals surface area contributed by atoms with Crippen LogP contribution >= 0.6 is 11.3 Å². The minimum absolute atomic E-state index is 0.313. The summed E-state index contributed by atoms with van der Waals surface area (Å²) < 4.78 is 0. The Morgan fingerprint density at radius 2 is 2.12 bits per heavy atom. The van der Waals surface area contributed by atoms with Gasteiger partial charge in [-0.3, -0.25) is 4.98 Å². The van der Waals surface area contributed by atoms with Crippen molar-refractivity contribution in [2.75, 3.05) is 5.32 Å². The van der Waals surface area contributed by atoms with Gasteiger partial charge in [-0.2, -0.15) is 0 Å². The molecule has 0 aliphatic heterocycles. The molecular weight excluding hydrogens is 216 g/mol. The van der Waals surface area contributed by atoms with Gasteiger partial charge in [0, 0.05) is 16.8 Å². The number of aryl methyl sites for hydroxylation is 2. The van der Waals surface area contributed by atoms with Crippen molar-refractivity contribution in [2.24, 2.45) is 0 Å². The van der Waals surface area contributed by atoms with Gasteiger partial charge in [0.15, 0.2) is 0 Å². The van der Waals surface area contributed by atoms with Crippen molar-refractivity contribution in [1.82, 2.24) is 4.98 Å². The van der Waals surface area contributed by atoms with Crippen LogP contribution < -0.4 is 5.32 Å². The summed E-state index contributed by atoms with van der Waals surface area (Å²) in [4.78, 5) is 5.37. The molecule has 0 saturated carbocycles. The molecule has 1 heterocycles. The number of aromatic nitrogens is 1. The van der Waals surface area contributed by atoms with Gasteiger partial charge in [-0.15, -0.1) is 11.3 Å². The number of nitrogens with one attached hydrogen (secondary N) is 1. The Kier molecular flexibility index (Phi) is 3.25. The van der Waals surface area contributed by atoms with E-state index in [1.54, 1.807) is 11.3 Å². The summed E-state index contributed by atoms with van der Waals surface area (Å²) >= 11 is 1.69. The van der Waals surface area contributed by atoms with Gasteiger partial charge in [-0.25, -0.2) is 0 Å². The molecule has 1 aromatic carbocycles. The molecule has 1 aromatic heterocycles. The highest BCUT2D eigenvalue weighted by atomic mass is 32.1. The molecule has 1 N–H and O–H groups in total. The van der Waals surface area contributed by atoms with Crippen molar-refractivity contribution in [2.45, 2.75) is 26.8 Å². The molecule has 0 spiro atoms. The highest BCUT2D eigenvalue weighted by molar-refractivity contribution is 7.09. The van der Waals surface area contributed by atoms with Crippen molar-refractivity contribution in [3.05, 3.63) is 45.9 Å². The number of rotatable bonds is 3. The molecule has 16 heavy (non-hydrogen) atoms. The first-order chi connectivity index (χ1) is 7.66. The van der Waals surface area contributed by atoms with Crippen LogP contribution in [0.5, 0.6) is 0 Å². The molecule has 3 heteroatoms. The van der Waals surface area contributed by atoms with Crippen molar-refractivity contribution < 1.29 is 0 Å². The molecule has 84 valence electrons. The Balaban J connectivity index is 2.17. The molecule has 0 aliphatic carbocycles. The zero-order valence-corrected chi connectivity index (χ0v) is 10.6. The number of nitrogens with zero attached hydrogens (tertiary/aromatic N) is 1. The van der Waals surface area contributed by atoms with E-state index in [2.05, 4.69) is 49.3 Å². The number of anilines is 1. The molecule has 1 atom stereocenters.